The van der Waals surface area contributed by atoms with Crippen LogP contribution < -0.4 is 16.9 Å². The third-order valence-corrected chi connectivity index (χ3v) is 12.9. The highest BCUT2D eigenvalue weighted by atomic mass is 127. The minimum atomic E-state index is -4.20. The molecule has 18 nitrogen and oxygen atoms in total. The maximum atomic E-state index is 13.2. The first-order valence-electron chi connectivity index (χ1n) is 13.7. The number of hydrogen-bond acceptors (Lipinski definition) is 15. The molecule has 9 atom stereocenters. The van der Waals surface area contributed by atoms with Crippen LogP contribution in [0.15, 0.2) is 52.4 Å². The molecule has 0 saturated carbocycles. The third-order valence-electron chi connectivity index (χ3n) is 7.59. The number of anilines is 1. The molecule has 4 aromatic rings. The smallest absolute Gasteiger partial charge is 0.390 e. The molecule has 254 valence electrons. The number of fused-ring (bicyclic) bond motifs is 2. The predicted molar refractivity (Wildman–Crippen MR) is 180 cm³/mol. The molecule has 0 amide bonds. The summed E-state index contributed by atoms with van der Waals surface area (Å²) in [5, 5.41) is 23.1. The van der Waals surface area contributed by atoms with Crippen LogP contribution in [0.25, 0.3) is 21.9 Å². The number of ether oxygens (including phenoxy) is 2. The topological polar surface area (TPSA) is 242 Å². The van der Waals surface area contributed by atoms with Gasteiger partial charge in [-0.05, 0) is 17.5 Å². The Hall–Kier alpha value is -1.85. The van der Waals surface area contributed by atoms with Gasteiger partial charge in [0.15, 0.2) is 23.7 Å². The minimum absolute atomic E-state index is 0.0302. The molecule has 2 saturated heterocycles. The van der Waals surface area contributed by atoms with Crippen molar-refractivity contribution in [3.63, 3.8) is 0 Å². The Morgan fingerprint density at radius 2 is 1.83 bits per heavy atom. The summed E-state index contributed by atoms with van der Waals surface area (Å²) in [6.45, 7) is -9.22. The zero-order valence-electron chi connectivity index (χ0n) is 23.7. The summed E-state index contributed by atoms with van der Waals surface area (Å²) in [4.78, 5) is 35.6. The van der Waals surface area contributed by atoms with E-state index in [1.807, 2.05) is 6.07 Å². The van der Waals surface area contributed by atoms with Crippen LogP contribution in [0.3, 0.4) is 0 Å². The standard InChI is InChI=1S/C24H27IN6O12P2S2/c25-43-45(37,47)42-23-13(18(33)22(41-23)31-10-27-17-19(31)28-24(26)29-20(17)34)8-38-44(36,46)39-9-15-14(32)7-16(40-15)30-6-5-11-3-1-2-4-12(11)21(30)35/h1-6,10,13-16,18,22-23,32-33H,7-9H2,(H,36,46)(H,37,47)(H3,26,28,29,34)/t13?,14-,15+,16+,18?,22+,23+,44?,45?/m0/s1. The van der Waals surface area contributed by atoms with Crippen molar-refractivity contribution >= 4 is 89.0 Å². The summed E-state index contributed by atoms with van der Waals surface area (Å²) in [5.41, 5.74) is 4.61. The normalized spacial score (nSPS) is 28.9. The molecule has 2 fully saturated rings. The van der Waals surface area contributed by atoms with Gasteiger partial charge in [-0.2, -0.15) is 4.98 Å². The molecule has 0 bridgehead atoms. The number of aliphatic hydroxyl groups excluding tert-OH is 2. The summed E-state index contributed by atoms with van der Waals surface area (Å²) in [6.07, 6.45) is -4.43. The fraction of sp³-hybridized carbons (Fsp3) is 0.417. The Balaban J connectivity index is 1.13. The summed E-state index contributed by atoms with van der Waals surface area (Å²) in [7, 11) is 0. The number of aromatic nitrogens is 5. The van der Waals surface area contributed by atoms with Crippen molar-refractivity contribution in [2.45, 2.75) is 43.5 Å². The Morgan fingerprint density at radius 1 is 1.09 bits per heavy atom. The van der Waals surface area contributed by atoms with Crippen molar-refractivity contribution in [3.8, 4) is 0 Å². The van der Waals surface area contributed by atoms with Crippen molar-refractivity contribution in [1.29, 1.82) is 0 Å². The van der Waals surface area contributed by atoms with Gasteiger partial charge in [0.05, 0.1) is 31.6 Å². The van der Waals surface area contributed by atoms with Crippen LogP contribution in [0.2, 0.25) is 0 Å². The number of nitrogens with zero attached hydrogens (tertiary/aromatic N) is 4. The summed E-state index contributed by atoms with van der Waals surface area (Å²) in [5.74, 6) is -1.42. The average molecular weight is 844 g/mol. The van der Waals surface area contributed by atoms with E-state index >= 15 is 0 Å². The van der Waals surface area contributed by atoms with Crippen LogP contribution in [0.1, 0.15) is 18.9 Å². The number of hydrogen-bond donors (Lipinski definition) is 6. The maximum Gasteiger partial charge on any atom is 0.397 e. The molecule has 0 radical (unpaired) electrons. The van der Waals surface area contributed by atoms with Gasteiger partial charge in [0.25, 0.3) is 11.1 Å². The van der Waals surface area contributed by atoms with E-state index in [1.165, 1.54) is 38.5 Å². The Bertz CT molecular complexity index is 2020. The van der Waals surface area contributed by atoms with E-state index in [4.69, 9.17) is 31.6 Å². The number of thiol groups is 2. The highest BCUT2D eigenvalue weighted by Crippen LogP contribution is 2.59. The predicted octanol–water partition coefficient (Wildman–Crippen LogP) is 2.69. The van der Waals surface area contributed by atoms with Crippen molar-refractivity contribution in [2.75, 3.05) is 18.9 Å². The van der Waals surface area contributed by atoms with Crippen molar-refractivity contribution in [2.24, 2.45) is 5.92 Å². The largest absolute Gasteiger partial charge is 0.397 e. The van der Waals surface area contributed by atoms with Crippen LogP contribution in [-0.2, 0) is 35.0 Å². The number of rotatable bonds is 11. The molecule has 23 heteroatoms. The minimum Gasteiger partial charge on any atom is -0.390 e. The number of aromatic amines is 1. The van der Waals surface area contributed by atoms with Crippen LogP contribution in [-0.4, -0.2) is 72.1 Å². The molecule has 47 heavy (non-hydrogen) atoms. The van der Waals surface area contributed by atoms with Crippen LogP contribution in [0.5, 0.6) is 0 Å². The summed E-state index contributed by atoms with van der Waals surface area (Å²) >= 11 is 9.18. The third kappa shape index (κ3) is 7.37. The lowest BCUT2D eigenvalue weighted by molar-refractivity contribution is -0.116. The Morgan fingerprint density at radius 3 is 2.60 bits per heavy atom. The van der Waals surface area contributed by atoms with E-state index < -0.39 is 75.3 Å². The lowest BCUT2D eigenvalue weighted by atomic mass is 10.1. The van der Waals surface area contributed by atoms with Gasteiger partial charge in [0, 0.05) is 18.0 Å². The molecule has 0 spiro atoms. The van der Waals surface area contributed by atoms with E-state index in [-0.39, 0.29) is 29.1 Å². The second kappa shape index (κ2) is 13.8. The van der Waals surface area contributed by atoms with Crippen molar-refractivity contribution in [1.82, 2.24) is 24.1 Å². The molecule has 6 rings (SSSR count). The van der Waals surface area contributed by atoms with Gasteiger partial charge in [0.2, 0.25) is 5.95 Å². The second-order valence-electron chi connectivity index (χ2n) is 10.6. The molecule has 3 aromatic heterocycles. The fourth-order valence-corrected chi connectivity index (χ4v) is 7.56. The van der Waals surface area contributed by atoms with E-state index in [0.29, 0.717) is 5.39 Å². The number of benzene rings is 1. The molecule has 0 aliphatic carbocycles. The SMILES string of the molecule is Nc1nc2c(ncn2[C@@H]2O[C@H](OP(=O)(S)OI)C(COP(=O)(S)OC[C@H]3O[C@@H](n4ccc5ccccc5c4=O)C[C@@H]3O)C2O)c(=O)[nH]1. The average Bonchev–Trinajstić information content (AvgIpc) is 3.70. The van der Waals surface area contributed by atoms with Crippen LogP contribution >= 0.6 is 61.1 Å². The molecule has 2 aliphatic rings. The van der Waals surface area contributed by atoms with Crippen LogP contribution in [0, 0.1) is 5.92 Å². The first kappa shape index (κ1) is 35.0. The van der Waals surface area contributed by atoms with Crippen molar-refractivity contribution < 1.29 is 45.2 Å². The summed E-state index contributed by atoms with van der Waals surface area (Å²) in [6, 6.07) is 8.81. The lowest BCUT2D eigenvalue weighted by Crippen LogP contribution is -2.31. The number of pyridine rings is 1. The zero-order chi connectivity index (χ0) is 33.7. The number of halogens is 1. The van der Waals surface area contributed by atoms with E-state index in [2.05, 4.69) is 39.4 Å². The quantitative estimate of drug-likeness (QED) is 0.0723. The molecule has 2 aliphatic heterocycles. The van der Waals surface area contributed by atoms with Gasteiger partial charge >= 0.3 is 13.6 Å². The van der Waals surface area contributed by atoms with Crippen molar-refractivity contribution in [3.05, 3.63) is 63.6 Å². The molecular weight excluding hydrogens is 817 g/mol. The van der Waals surface area contributed by atoms with Gasteiger partial charge in [-0.3, -0.25) is 32.8 Å². The number of nitrogens with one attached hydrogen (secondary N) is 1. The highest BCUT2D eigenvalue weighted by Gasteiger charge is 2.49. The number of nitrogens with two attached hydrogens (primary N) is 1. The fourth-order valence-electron chi connectivity index (χ4n) is 5.33. The molecule has 4 unspecified atom stereocenters. The maximum absolute atomic E-state index is 13.2. The molecular formula is C24H27IN6O12P2S2. The van der Waals surface area contributed by atoms with Gasteiger partial charge in [-0.15, -0.1) is 0 Å². The first-order valence-corrected chi connectivity index (χ1v) is 20.0. The van der Waals surface area contributed by atoms with Crippen LogP contribution in [0.4, 0.5) is 5.95 Å². The van der Waals surface area contributed by atoms with Gasteiger partial charge in [-0.1, -0.05) is 42.7 Å². The Kier molecular flexibility index (Phi) is 10.3. The number of nitrogen functional groups attached to an aromatic ring is 1. The zero-order valence-corrected chi connectivity index (χ0v) is 29.4. The summed E-state index contributed by atoms with van der Waals surface area (Å²) < 4.78 is 60.9. The van der Waals surface area contributed by atoms with E-state index in [1.54, 1.807) is 30.5 Å². The number of H-pyrrole nitrogens is 1. The van der Waals surface area contributed by atoms with Gasteiger partial charge < -0.3 is 29.9 Å². The number of imidazole rings is 1. The second-order valence-corrected chi connectivity index (χ2v) is 17.4. The van der Waals surface area contributed by atoms with Gasteiger partial charge in [0.1, 0.15) is 41.4 Å². The highest BCUT2D eigenvalue weighted by molar-refractivity contribution is 14.1. The first-order chi connectivity index (χ1) is 22.3. The Labute approximate surface area is 288 Å². The molecule has 1 aromatic carbocycles. The molecule has 5 heterocycles. The monoisotopic (exact) mass is 844 g/mol. The lowest BCUT2D eigenvalue weighted by Gasteiger charge is -2.23. The molecule has 5 N–H and O–H groups in total. The van der Waals surface area contributed by atoms with E-state index in [9.17, 15) is 28.9 Å². The number of aliphatic hydroxyl groups is 2. The van der Waals surface area contributed by atoms with E-state index in [0.717, 1.165) is 5.39 Å². The van der Waals surface area contributed by atoms with Gasteiger partial charge in [-0.25, -0.2) is 17.0 Å².